The van der Waals surface area contributed by atoms with Crippen LogP contribution < -0.4 is 0 Å². The monoisotopic (exact) mass is 471 g/mol. The quantitative estimate of drug-likeness (QED) is 0.111. The van der Waals surface area contributed by atoms with E-state index in [-0.39, 0.29) is 18.5 Å². The number of hydrogen-bond donors (Lipinski definition) is 2. The molecule has 5 nitrogen and oxygen atoms in total. The number of nitrogens with zero attached hydrogens (tertiary/aromatic N) is 1. The Morgan fingerprint density at radius 1 is 0.636 bits per heavy atom. The maximum Gasteiger partial charge on any atom is 0.308 e. The minimum atomic E-state index is 0.0382. The second-order valence-electron chi connectivity index (χ2n) is 9.68. The summed E-state index contributed by atoms with van der Waals surface area (Å²) in [6, 6.07) is 0. The molecule has 0 aliphatic carbocycles. The molecule has 0 aromatic rings. The van der Waals surface area contributed by atoms with Crippen LogP contribution in [0.1, 0.15) is 129 Å². The normalized spacial score (nSPS) is 12.4. The van der Waals surface area contributed by atoms with Crippen molar-refractivity contribution in [2.24, 2.45) is 5.92 Å². The van der Waals surface area contributed by atoms with Gasteiger partial charge in [-0.05, 0) is 71.0 Å². The van der Waals surface area contributed by atoms with Gasteiger partial charge >= 0.3 is 5.97 Å². The van der Waals surface area contributed by atoms with Crippen LogP contribution in [0.25, 0.3) is 0 Å². The first-order valence-electron chi connectivity index (χ1n) is 14.3. The van der Waals surface area contributed by atoms with E-state index < -0.39 is 0 Å². The fourth-order valence-electron chi connectivity index (χ4n) is 4.31. The molecular formula is C28H57NO4. The third-order valence-corrected chi connectivity index (χ3v) is 6.52. The highest BCUT2D eigenvalue weighted by Crippen LogP contribution is 2.19. The van der Waals surface area contributed by atoms with Gasteiger partial charge in [0, 0.05) is 13.2 Å². The number of rotatable bonds is 26. The summed E-state index contributed by atoms with van der Waals surface area (Å²) in [5.41, 5.74) is 0. The van der Waals surface area contributed by atoms with Gasteiger partial charge < -0.3 is 19.8 Å². The Morgan fingerprint density at radius 2 is 1.12 bits per heavy atom. The number of hydrogen-bond acceptors (Lipinski definition) is 5. The predicted molar refractivity (Wildman–Crippen MR) is 140 cm³/mol. The molecule has 0 fully saturated rings. The van der Waals surface area contributed by atoms with Crippen molar-refractivity contribution in [3.63, 3.8) is 0 Å². The van der Waals surface area contributed by atoms with E-state index in [1.54, 1.807) is 0 Å². The van der Waals surface area contributed by atoms with E-state index in [1.807, 2.05) is 0 Å². The van der Waals surface area contributed by atoms with Crippen molar-refractivity contribution in [1.82, 2.24) is 4.90 Å². The molecule has 0 rings (SSSR count). The van der Waals surface area contributed by atoms with Gasteiger partial charge in [-0.15, -0.1) is 0 Å². The van der Waals surface area contributed by atoms with Crippen molar-refractivity contribution in [3.05, 3.63) is 0 Å². The van der Waals surface area contributed by atoms with Crippen LogP contribution in [-0.2, 0) is 9.53 Å². The Morgan fingerprint density at radius 3 is 1.73 bits per heavy atom. The minimum Gasteiger partial charge on any atom is -0.465 e. The molecule has 1 unspecified atom stereocenters. The molecule has 0 saturated heterocycles. The van der Waals surface area contributed by atoms with Crippen LogP contribution in [-0.4, -0.2) is 60.5 Å². The van der Waals surface area contributed by atoms with E-state index >= 15 is 0 Å². The summed E-state index contributed by atoms with van der Waals surface area (Å²) < 4.78 is 5.65. The van der Waals surface area contributed by atoms with Crippen LogP contribution in [0.2, 0.25) is 0 Å². The van der Waals surface area contributed by atoms with Crippen LogP contribution >= 0.6 is 0 Å². The minimum absolute atomic E-state index is 0.0382. The Bertz CT molecular complexity index is 405. The third kappa shape index (κ3) is 21.6. The Hall–Kier alpha value is -0.650. The molecule has 0 heterocycles. The van der Waals surface area contributed by atoms with Gasteiger partial charge in [0.2, 0.25) is 0 Å². The van der Waals surface area contributed by atoms with Gasteiger partial charge in [0.15, 0.2) is 0 Å². The lowest BCUT2D eigenvalue weighted by Gasteiger charge is -2.22. The van der Waals surface area contributed by atoms with Gasteiger partial charge in [-0.1, -0.05) is 78.1 Å². The lowest BCUT2D eigenvalue weighted by molar-refractivity contribution is -0.149. The summed E-state index contributed by atoms with van der Waals surface area (Å²) >= 11 is 0. The Kier molecular flexibility index (Phi) is 25.5. The average Bonchev–Trinajstić information content (AvgIpc) is 2.82. The van der Waals surface area contributed by atoms with E-state index in [2.05, 4.69) is 18.7 Å². The topological polar surface area (TPSA) is 70.0 Å². The summed E-state index contributed by atoms with van der Waals surface area (Å²) in [6.07, 6.45) is 19.9. The molecule has 0 spiro atoms. The molecule has 198 valence electrons. The summed E-state index contributed by atoms with van der Waals surface area (Å²) in [5, 5.41) is 18.0. The maximum atomic E-state index is 12.5. The van der Waals surface area contributed by atoms with Crippen molar-refractivity contribution >= 4 is 5.97 Å². The molecular weight excluding hydrogens is 414 g/mol. The SMILES string of the molecule is CCCCCCC(CCCC)C(=O)OCCCCCCN(CCCCO)CCCCCCO. The number of esters is 1. The highest BCUT2D eigenvalue weighted by atomic mass is 16.5. The van der Waals surface area contributed by atoms with Crippen LogP contribution in [0.5, 0.6) is 0 Å². The van der Waals surface area contributed by atoms with E-state index in [4.69, 9.17) is 14.9 Å². The van der Waals surface area contributed by atoms with Crippen LogP contribution in [0.15, 0.2) is 0 Å². The molecule has 5 heteroatoms. The van der Waals surface area contributed by atoms with Gasteiger partial charge in [0.05, 0.1) is 12.5 Å². The third-order valence-electron chi connectivity index (χ3n) is 6.52. The molecule has 1 atom stereocenters. The lowest BCUT2D eigenvalue weighted by atomic mass is 9.95. The number of ether oxygens (including phenoxy) is 1. The average molecular weight is 472 g/mol. The largest absolute Gasteiger partial charge is 0.465 e. The summed E-state index contributed by atoms with van der Waals surface area (Å²) in [5.74, 6) is 0.142. The fourth-order valence-corrected chi connectivity index (χ4v) is 4.31. The first-order valence-corrected chi connectivity index (χ1v) is 14.3. The Balaban J connectivity index is 3.99. The van der Waals surface area contributed by atoms with E-state index in [1.165, 1.54) is 44.9 Å². The smallest absolute Gasteiger partial charge is 0.308 e. The first-order chi connectivity index (χ1) is 16.2. The van der Waals surface area contributed by atoms with E-state index in [0.29, 0.717) is 13.2 Å². The van der Waals surface area contributed by atoms with Gasteiger partial charge in [0.1, 0.15) is 0 Å². The van der Waals surface area contributed by atoms with Gasteiger partial charge in [-0.25, -0.2) is 0 Å². The fraction of sp³-hybridized carbons (Fsp3) is 0.964. The second-order valence-corrected chi connectivity index (χ2v) is 9.68. The highest BCUT2D eigenvalue weighted by molar-refractivity contribution is 5.72. The van der Waals surface area contributed by atoms with Gasteiger partial charge in [-0.2, -0.15) is 0 Å². The standard InChI is InChI=1S/C28H57NO4/c1-3-5-7-12-20-27(19-6-4-2)28(32)33-26-18-11-9-14-22-29(23-15-17-25-31)21-13-8-10-16-24-30/h27,30-31H,3-26H2,1-2H3. The molecule has 0 aromatic carbocycles. The summed E-state index contributed by atoms with van der Waals surface area (Å²) in [6.45, 7) is 8.85. The van der Waals surface area contributed by atoms with Crippen LogP contribution in [0.3, 0.4) is 0 Å². The Labute approximate surface area is 205 Å². The first kappa shape index (κ1) is 32.4. The molecule has 0 radical (unpaired) electrons. The molecule has 0 amide bonds. The van der Waals surface area contributed by atoms with Crippen molar-refractivity contribution in [2.75, 3.05) is 39.5 Å². The van der Waals surface area contributed by atoms with Crippen molar-refractivity contribution < 1.29 is 19.7 Å². The number of aliphatic hydroxyl groups excluding tert-OH is 2. The molecule has 0 saturated carbocycles. The molecule has 2 N–H and O–H groups in total. The summed E-state index contributed by atoms with van der Waals surface area (Å²) in [7, 11) is 0. The van der Waals surface area contributed by atoms with Gasteiger partial charge in [0.25, 0.3) is 0 Å². The zero-order valence-corrected chi connectivity index (χ0v) is 22.2. The zero-order valence-electron chi connectivity index (χ0n) is 22.2. The molecule has 0 aliphatic heterocycles. The van der Waals surface area contributed by atoms with Crippen LogP contribution in [0, 0.1) is 5.92 Å². The zero-order chi connectivity index (χ0) is 24.4. The predicted octanol–water partition coefficient (Wildman–Crippen LogP) is 6.49. The lowest BCUT2D eigenvalue weighted by Crippen LogP contribution is -2.27. The molecule has 33 heavy (non-hydrogen) atoms. The van der Waals surface area contributed by atoms with Gasteiger partial charge in [-0.3, -0.25) is 4.79 Å². The van der Waals surface area contributed by atoms with E-state index in [0.717, 1.165) is 90.3 Å². The van der Waals surface area contributed by atoms with E-state index in [9.17, 15) is 4.79 Å². The maximum absolute atomic E-state index is 12.5. The number of aliphatic hydroxyl groups is 2. The highest BCUT2D eigenvalue weighted by Gasteiger charge is 2.18. The van der Waals surface area contributed by atoms with Crippen molar-refractivity contribution in [1.29, 1.82) is 0 Å². The molecule has 0 bridgehead atoms. The molecule has 0 aromatic heterocycles. The summed E-state index contributed by atoms with van der Waals surface area (Å²) in [4.78, 5) is 15.1. The van der Waals surface area contributed by atoms with Crippen molar-refractivity contribution in [3.8, 4) is 0 Å². The molecule has 0 aliphatic rings. The second kappa shape index (κ2) is 26.0. The number of unbranched alkanes of at least 4 members (excludes halogenated alkanes) is 11. The van der Waals surface area contributed by atoms with Crippen molar-refractivity contribution in [2.45, 2.75) is 129 Å². The number of carbonyl (C=O) groups is 1. The van der Waals surface area contributed by atoms with Crippen LogP contribution in [0.4, 0.5) is 0 Å². The number of carbonyl (C=O) groups excluding carboxylic acids is 1.